The molecule has 0 radical (unpaired) electrons. The fourth-order valence-electron chi connectivity index (χ4n) is 1.18. The molecule has 5 N–H and O–H groups in total. The van der Waals surface area contributed by atoms with Crippen LogP contribution in [0.1, 0.15) is 0 Å². The molecule has 0 aliphatic carbocycles. The van der Waals surface area contributed by atoms with Gasteiger partial charge in [0.2, 0.25) is 5.91 Å². The Hall–Kier alpha value is -1.86. The zero-order chi connectivity index (χ0) is 12.8. The van der Waals surface area contributed by atoms with Crippen LogP contribution in [-0.2, 0) is 11.3 Å². The molecule has 1 heterocycles. The lowest BCUT2D eigenvalue weighted by Crippen LogP contribution is -2.37. The number of pyridine rings is 1. The first-order valence-corrected chi connectivity index (χ1v) is 5.04. The summed E-state index contributed by atoms with van der Waals surface area (Å²) in [6.07, 6.45) is 0.362. The lowest BCUT2D eigenvalue weighted by molar-refractivity contribution is -0.122. The van der Waals surface area contributed by atoms with Gasteiger partial charge in [0.15, 0.2) is 0 Å². The molecule has 7 heteroatoms. The van der Waals surface area contributed by atoms with Crippen molar-refractivity contribution >= 4 is 11.6 Å². The van der Waals surface area contributed by atoms with Crippen molar-refractivity contribution in [2.45, 2.75) is 12.6 Å². The molecule has 1 atom stereocenters. The summed E-state index contributed by atoms with van der Waals surface area (Å²) in [6, 6.07) is 2.72. The normalized spacial score (nSPS) is 12.1. The molecule has 1 rings (SSSR count). The lowest BCUT2D eigenvalue weighted by atomic mass is 10.3. The summed E-state index contributed by atoms with van der Waals surface area (Å²) in [5.74, 6) is -0.440. The summed E-state index contributed by atoms with van der Waals surface area (Å²) in [5, 5.41) is 19.9. The molecule has 0 bridgehead atoms. The van der Waals surface area contributed by atoms with E-state index in [1.165, 1.54) is 18.3 Å². The standard InChI is InChI=1S/C10H15N3O4/c11-7-1-2-10(17)13(4-7)5-9(16)12-3-8(15)6-14/h1-2,4,8,14-15H,3,5-6,11H2,(H,12,16). The number of aromatic nitrogens is 1. The molecule has 0 spiro atoms. The van der Waals surface area contributed by atoms with E-state index in [0.717, 1.165) is 4.57 Å². The molecule has 1 aromatic heterocycles. The maximum absolute atomic E-state index is 11.4. The number of aliphatic hydroxyl groups excluding tert-OH is 2. The number of hydrogen-bond donors (Lipinski definition) is 4. The van der Waals surface area contributed by atoms with Crippen molar-refractivity contribution in [2.75, 3.05) is 18.9 Å². The summed E-state index contributed by atoms with van der Waals surface area (Å²) in [7, 11) is 0. The van der Waals surface area contributed by atoms with Crippen LogP contribution >= 0.6 is 0 Å². The van der Waals surface area contributed by atoms with Gasteiger partial charge in [-0.2, -0.15) is 0 Å². The number of amides is 1. The number of nitrogens with two attached hydrogens (primary N) is 1. The van der Waals surface area contributed by atoms with Crippen molar-refractivity contribution in [3.63, 3.8) is 0 Å². The third-order valence-corrected chi connectivity index (χ3v) is 2.07. The smallest absolute Gasteiger partial charge is 0.251 e. The third-order valence-electron chi connectivity index (χ3n) is 2.07. The van der Waals surface area contributed by atoms with Crippen LogP contribution in [0.15, 0.2) is 23.1 Å². The van der Waals surface area contributed by atoms with Gasteiger partial charge in [-0.25, -0.2) is 0 Å². The minimum Gasteiger partial charge on any atom is -0.398 e. The molecule has 0 aromatic carbocycles. The van der Waals surface area contributed by atoms with Crippen molar-refractivity contribution in [3.05, 3.63) is 28.7 Å². The highest BCUT2D eigenvalue weighted by Crippen LogP contribution is 1.95. The monoisotopic (exact) mass is 241 g/mol. The van der Waals surface area contributed by atoms with Gasteiger partial charge in [-0.3, -0.25) is 9.59 Å². The second-order valence-electron chi connectivity index (χ2n) is 3.57. The van der Waals surface area contributed by atoms with Crippen LogP contribution in [0.4, 0.5) is 5.69 Å². The first kappa shape index (κ1) is 13.2. The Balaban J connectivity index is 2.56. The maximum atomic E-state index is 11.4. The van der Waals surface area contributed by atoms with Crippen LogP contribution in [-0.4, -0.2) is 39.9 Å². The zero-order valence-corrected chi connectivity index (χ0v) is 9.17. The number of nitrogens with one attached hydrogen (secondary N) is 1. The SMILES string of the molecule is Nc1ccc(=O)n(CC(=O)NCC(O)CO)c1. The number of aliphatic hydroxyl groups is 2. The molecule has 7 nitrogen and oxygen atoms in total. The van der Waals surface area contributed by atoms with E-state index in [0.29, 0.717) is 5.69 Å². The Morgan fingerprint density at radius 3 is 2.88 bits per heavy atom. The average Bonchev–Trinajstić information content (AvgIpc) is 2.30. The van der Waals surface area contributed by atoms with Crippen LogP contribution in [0.3, 0.4) is 0 Å². The van der Waals surface area contributed by atoms with Gasteiger partial charge in [0.25, 0.3) is 5.56 Å². The molecule has 0 aliphatic rings. The van der Waals surface area contributed by atoms with Gasteiger partial charge in [0.1, 0.15) is 6.54 Å². The van der Waals surface area contributed by atoms with Crippen molar-refractivity contribution in [2.24, 2.45) is 0 Å². The molecule has 94 valence electrons. The molecule has 1 aromatic rings. The highest BCUT2D eigenvalue weighted by molar-refractivity contribution is 5.75. The molecule has 0 saturated carbocycles. The van der Waals surface area contributed by atoms with E-state index >= 15 is 0 Å². The van der Waals surface area contributed by atoms with Crippen LogP contribution in [0.2, 0.25) is 0 Å². The molecule has 1 amide bonds. The first-order chi connectivity index (χ1) is 8.02. The molecule has 0 saturated heterocycles. The van der Waals surface area contributed by atoms with Gasteiger partial charge >= 0.3 is 0 Å². The number of anilines is 1. The quantitative estimate of drug-likeness (QED) is 0.471. The van der Waals surface area contributed by atoms with Crippen LogP contribution < -0.4 is 16.6 Å². The van der Waals surface area contributed by atoms with Crippen molar-refractivity contribution in [1.82, 2.24) is 9.88 Å². The van der Waals surface area contributed by atoms with Crippen molar-refractivity contribution in [3.8, 4) is 0 Å². The highest BCUT2D eigenvalue weighted by atomic mass is 16.3. The number of hydrogen-bond acceptors (Lipinski definition) is 5. The first-order valence-electron chi connectivity index (χ1n) is 5.04. The molecular weight excluding hydrogens is 226 g/mol. The Labute approximate surface area is 97.5 Å². The number of carbonyl (C=O) groups is 1. The maximum Gasteiger partial charge on any atom is 0.251 e. The zero-order valence-electron chi connectivity index (χ0n) is 9.17. The topological polar surface area (TPSA) is 118 Å². The molecule has 1 unspecified atom stereocenters. The van der Waals surface area contributed by atoms with Crippen molar-refractivity contribution in [1.29, 1.82) is 0 Å². The van der Waals surface area contributed by atoms with Gasteiger partial charge in [-0.1, -0.05) is 0 Å². The number of nitrogens with zero attached hydrogens (tertiary/aromatic N) is 1. The molecule has 17 heavy (non-hydrogen) atoms. The fraction of sp³-hybridized carbons (Fsp3) is 0.400. The summed E-state index contributed by atoms with van der Waals surface area (Å²) in [5.41, 5.74) is 5.53. The molecule has 0 fully saturated rings. The van der Waals surface area contributed by atoms with Crippen molar-refractivity contribution < 1.29 is 15.0 Å². The molecular formula is C10H15N3O4. The van der Waals surface area contributed by atoms with E-state index < -0.39 is 18.6 Å². The predicted molar refractivity (Wildman–Crippen MR) is 61.2 cm³/mol. The van der Waals surface area contributed by atoms with Gasteiger partial charge in [-0.05, 0) is 6.07 Å². The Kier molecular flexibility index (Phi) is 4.68. The number of carbonyl (C=O) groups excluding carboxylic acids is 1. The second kappa shape index (κ2) is 6.02. The van der Waals surface area contributed by atoms with E-state index in [2.05, 4.69) is 5.32 Å². The van der Waals surface area contributed by atoms with Gasteiger partial charge < -0.3 is 25.8 Å². The predicted octanol–water partition coefficient (Wildman–Crippen LogP) is -2.10. The van der Waals surface area contributed by atoms with Gasteiger partial charge in [0, 0.05) is 24.5 Å². The van der Waals surface area contributed by atoms with E-state index in [-0.39, 0.29) is 18.6 Å². The Morgan fingerprint density at radius 1 is 1.53 bits per heavy atom. The largest absolute Gasteiger partial charge is 0.398 e. The Morgan fingerprint density at radius 2 is 2.24 bits per heavy atom. The van der Waals surface area contributed by atoms with Crippen LogP contribution in [0.5, 0.6) is 0 Å². The third kappa shape index (κ3) is 4.25. The average molecular weight is 241 g/mol. The summed E-state index contributed by atoms with van der Waals surface area (Å²) >= 11 is 0. The van der Waals surface area contributed by atoms with Crippen LogP contribution in [0.25, 0.3) is 0 Å². The summed E-state index contributed by atoms with van der Waals surface area (Å²) in [6.45, 7) is -0.674. The summed E-state index contributed by atoms with van der Waals surface area (Å²) in [4.78, 5) is 22.7. The van der Waals surface area contributed by atoms with Gasteiger partial charge in [0.05, 0.1) is 12.7 Å². The molecule has 0 aliphatic heterocycles. The number of rotatable bonds is 5. The lowest BCUT2D eigenvalue weighted by Gasteiger charge is -2.10. The second-order valence-corrected chi connectivity index (χ2v) is 3.57. The van der Waals surface area contributed by atoms with Crippen LogP contribution in [0, 0.1) is 0 Å². The van der Waals surface area contributed by atoms with E-state index in [9.17, 15) is 9.59 Å². The minimum atomic E-state index is -1.00. The Bertz CT molecular complexity index is 443. The highest BCUT2D eigenvalue weighted by Gasteiger charge is 2.07. The number of nitrogen functional groups attached to an aromatic ring is 1. The summed E-state index contributed by atoms with van der Waals surface area (Å²) < 4.78 is 1.16. The fourth-order valence-corrected chi connectivity index (χ4v) is 1.18. The minimum absolute atomic E-state index is 0.0631. The van der Waals surface area contributed by atoms with E-state index in [1.54, 1.807) is 0 Å². The van der Waals surface area contributed by atoms with Gasteiger partial charge in [-0.15, -0.1) is 0 Å². The van der Waals surface area contributed by atoms with E-state index in [1.807, 2.05) is 0 Å². The van der Waals surface area contributed by atoms with E-state index in [4.69, 9.17) is 15.9 Å².